The zero-order chi connectivity index (χ0) is 15.6. The van der Waals surface area contributed by atoms with Crippen molar-refractivity contribution in [3.63, 3.8) is 0 Å². The summed E-state index contributed by atoms with van der Waals surface area (Å²) >= 11 is 0. The average Bonchev–Trinajstić information content (AvgIpc) is 2.68. The molecule has 0 unspecified atom stereocenters. The van der Waals surface area contributed by atoms with Crippen molar-refractivity contribution in [3.8, 4) is 5.75 Å². The zero-order valence-electron chi connectivity index (χ0n) is 13.4. The molecular formula is C16H24N2O3. The van der Waals surface area contributed by atoms with Crippen LogP contribution < -0.4 is 4.74 Å². The van der Waals surface area contributed by atoms with E-state index in [1.165, 1.54) is 0 Å². The summed E-state index contributed by atoms with van der Waals surface area (Å²) in [5.74, 6) is 0.748. The molecule has 5 heteroatoms. The third-order valence-electron chi connectivity index (χ3n) is 3.32. The molecular weight excluding hydrogens is 268 g/mol. The third-order valence-corrected chi connectivity index (χ3v) is 3.32. The van der Waals surface area contributed by atoms with Gasteiger partial charge in [0.2, 0.25) is 0 Å². The molecule has 0 N–H and O–H groups in total. The Kier molecular flexibility index (Phi) is 4.40. The van der Waals surface area contributed by atoms with E-state index < -0.39 is 5.60 Å². The molecule has 1 fully saturated rings. The van der Waals surface area contributed by atoms with Gasteiger partial charge in [0, 0.05) is 18.7 Å². The number of amides is 1. The quantitative estimate of drug-likeness (QED) is 0.840. The van der Waals surface area contributed by atoms with Crippen LogP contribution in [0.15, 0.2) is 18.5 Å². The highest BCUT2D eigenvalue weighted by Crippen LogP contribution is 2.24. The van der Waals surface area contributed by atoms with E-state index in [0.717, 1.165) is 17.7 Å². The van der Waals surface area contributed by atoms with Gasteiger partial charge >= 0.3 is 6.09 Å². The van der Waals surface area contributed by atoms with Gasteiger partial charge in [0.25, 0.3) is 0 Å². The number of aromatic nitrogens is 1. The van der Waals surface area contributed by atoms with Gasteiger partial charge < -0.3 is 14.4 Å². The SMILES string of the molecule is Cc1cncc(O[C@@H]2C[C@H](C)N(C(=O)OC(C)(C)C)C2)c1. The first-order valence-corrected chi connectivity index (χ1v) is 7.32. The maximum Gasteiger partial charge on any atom is 0.410 e. The molecule has 2 heterocycles. The Balaban J connectivity index is 1.96. The molecule has 2 atom stereocenters. The maximum absolute atomic E-state index is 12.2. The summed E-state index contributed by atoms with van der Waals surface area (Å²) in [5.41, 5.74) is 0.582. The second-order valence-electron chi connectivity index (χ2n) is 6.66. The van der Waals surface area contributed by atoms with E-state index in [1.807, 2.05) is 40.7 Å². The molecule has 1 aliphatic rings. The van der Waals surface area contributed by atoms with Crippen LogP contribution in [0.2, 0.25) is 0 Å². The predicted molar refractivity (Wildman–Crippen MR) is 80.4 cm³/mol. The molecule has 21 heavy (non-hydrogen) atoms. The van der Waals surface area contributed by atoms with Crippen molar-refractivity contribution in [1.82, 2.24) is 9.88 Å². The molecule has 2 rings (SSSR count). The lowest BCUT2D eigenvalue weighted by Crippen LogP contribution is -2.39. The van der Waals surface area contributed by atoms with Crippen molar-refractivity contribution in [2.75, 3.05) is 6.54 Å². The number of hydrogen-bond acceptors (Lipinski definition) is 4. The van der Waals surface area contributed by atoms with Crippen molar-refractivity contribution in [1.29, 1.82) is 0 Å². The van der Waals surface area contributed by atoms with E-state index in [9.17, 15) is 4.79 Å². The van der Waals surface area contributed by atoms with Crippen molar-refractivity contribution in [2.24, 2.45) is 0 Å². The van der Waals surface area contributed by atoms with E-state index in [-0.39, 0.29) is 18.2 Å². The molecule has 0 aliphatic carbocycles. The minimum atomic E-state index is -0.476. The van der Waals surface area contributed by atoms with E-state index in [2.05, 4.69) is 4.98 Å². The molecule has 0 aromatic carbocycles. The maximum atomic E-state index is 12.2. The van der Waals surface area contributed by atoms with Crippen molar-refractivity contribution >= 4 is 6.09 Å². The summed E-state index contributed by atoms with van der Waals surface area (Å²) in [5, 5.41) is 0. The molecule has 116 valence electrons. The molecule has 0 radical (unpaired) electrons. The highest BCUT2D eigenvalue weighted by atomic mass is 16.6. The van der Waals surface area contributed by atoms with Gasteiger partial charge in [-0.25, -0.2) is 4.79 Å². The number of pyridine rings is 1. The number of rotatable bonds is 2. The molecule has 1 amide bonds. The molecule has 0 bridgehead atoms. The van der Waals surface area contributed by atoms with Crippen LogP contribution in [0, 0.1) is 6.92 Å². The lowest BCUT2D eigenvalue weighted by Gasteiger charge is -2.26. The number of ether oxygens (including phenoxy) is 2. The Morgan fingerprint density at radius 3 is 2.71 bits per heavy atom. The molecule has 5 nitrogen and oxygen atoms in total. The normalized spacial score (nSPS) is 22.2. The number of aryl methyl sites for hydroxylation is 1. The topological polar surface area (TPSA) is 51.7 Å². The number of carbonyl (C=O) groups is 1. The fraction of sp³-hybridized carbons (Fsp3) is 0.625. The van der Waals surface area contributed by atoms with Gasteiger partial charge in [-0.05, 0) is 46.2 Å². The molecule has 1 aliphatic heterocycles. The van der Waals surface area contributed by atoms with Crippen LogP contribution in [0.1, 0.15) is 39.7 Å². The van der Waals surface area contributed by atoms with Gasteiger partial charge in [-0.1, -0.05) is 0 Å². The molecule has 0 spiro atoms. The predicted octanol–water partition coefficient (Wildman–Crippen LogP) is 3.17. The fourth-order valence-electron chi connectivity index (χ4n) is 2.43. The monoisotopic (exact) mass is 292 g/mol. The van der Waals surface area contributed by atoms with Crippen molar-refractivity contribution in [2.45, 2.75) is 58.8 Å². The molecule has 1 aromatic rings. The molecule has 1 saturated heterocycles. The lowest BCUT2D eigenvalue weighted by atomic mass is 10.2. The largest absolute Gasteiger partial charge is 0.487 e. The minimum Gasteiger partial charge on any atom is -0.487 e. The Morgan fingerprint density at radius 2 is 2.10 bits per heavy atom. The van der Waals surface area contributed by atoms with E-state index in [1.54, 1.807) is 17.3 Å². The van der Waals surface area contributed by atoms with E-state index >= 15 is 0 Å². The Labute approximate surface area is 126 Å². The van der Waals surface area contributed by atoms with Gasteiger partial charge in [0.1, 0.15) is 17.5 Å². The van der Waals surface area contributed by atoms with Crippen LogP contribution in [0.4, 0.5) is 4.79 Å². The first-order chi connectivity index (χ1) is 9.74. The number of likely N-dealkylation sites (tertiary alicyclic amines) is 1. The smallest absolute Gasteiger partial charge is 0.410 e. The minimum absolute atomic E-state index is 0.0175. The summed E-state index contributed by atoms with van der Waals surface area (Å²) in [6.45, 7) is 10.2. The van der Waals surface area contributed by atoms with Crippen LogP contribution in [-0.4, -0.2) is 40.3 Å². The van der Waals surface area contributed by atoms with Crippen LogP contribution >= 0.6 is 0 Å². The fourth-order valence-corrected chi connectivity index (χ4v) is 2.43. The summed E-state index contributed by atoms with van der Waals surface area (Å²) in [6, 6.07) is 2.07. The average molecular weight is 292 g/mol. The molecule has 1 aromatic heterocycles. The van der Waals surface area contributed by atoms with E-state index in [0.29, 0.717) is 6.54 Å². The summed E-state index contributed by atoms with van der Waals surface area (Å²) in [6.07, 6.45) is 4.00. The highest BCUT2D eigenvalue weighted by molar-refractivity contribution is 5.69. The number of hydrogen-bond donors (Lipinski definition) is 0. The summed E-state index contributed by atoms with van der Waals surface area (Å²) < 4.78 is 11.4. The van der Waals surface area contributed by atoms with Crippen LogP contribution in [-0.2, 0) is 4.74 Å². The van der Waals surface area contributed by atoms with Crippen molar-refractivity contribution in [3.05, 3.63) is 24.0 Å². The van der Waals surface area contributed by atoms with Gasteiger partial charge in [-0.3, -0.25) is 4.98 Å². The Bertz CT molecular complexity index is 510. The lowest BCUT2D eigenvalue weighted by molar-refractivity contribution is 0.0224. The Morgan fingerprint density at radius 1 is 1.38 bits per heavy atom. The van der Waals surface area contributed by atoms with Crippen LogP contribution in [0.5, 0.6) is 5.75 Å². The summed E-state index contributed by atoms with van der Waals surface area (Å²) in [4.78, 5) is 18.0. The van der Waals surface area contributed by atoms with Gasteiger partial charge in [-0.2, -0.15) is 0 Å². The molecule has 0 saturated carbocycles. The van der Waals surface area contributed by atoms with E-state index in [4.69, 9.17) is 9.47 Å². The second kappa shape index (κ2) is 5.92. The van der Waals surface area contributed by atoms with Crippen LogP contribution in [0.3, 0.4) is 0 Å². The number of nitrogens with zero attached hydrogens (tertiary/aromatic N) is 2. The summed E-state index contributed by atoms with van der Waals surface area (Å²) in [7, 11) is 0. The highest BCUT2D eigenvalue weighted by Gasteiger charge is 2.36. The zero-order valence-corrected chi connectivity index (χ0v) is 13.4. The first kappa shape index (κ1) is 15.6. The van der Waals surface area contributed by atoms with Crippen molar-refractivity contribution < 1.29 is 14.3 Å². The van der Waals surface area contributed by atoms with Crippen LogP contribution in [0.25, 0.3) is 0 Å². The van der Waals surface area contributed by atoms with Gasteiger partial charge in [0.15, 0.2) is 0 Å². The first-order valence-electron chi connectivity index (χ1n) is 7.32. The standard InChI is InChI=1S/C16H24N2O3/c1-11-6-13(9-17-8-11)20-14-7-12(2)18(10-14)15(19)21-16(3,4)5/h6,8-9,12,14H,7,10H2,1-5H3/t12-,14+/m0/s1. The number of carbonyl (C=O) groups excluding carboxylic acids is 1. The third kappa shape index (κ3) is 4.34. The Hall–Kier alpha value is -1.78. The second-order valence-corrected chi connectivity index (χ2v) is 6.66. The van der Waals surface area contributed by atoms with Gasteiger partial charge in [-0.15, -0.1) is 0 Å². The van der Waals surface area contributed by atoms with Gasteiger partial charge in [0.05, 0.1) is 12.7 Å².